The molecule has 2 N–H and O–H groups in total. The molecule has 16 heteroatoms. The predicted molar refractivity (Wildman–Crippen MR) is 180 cm³/mol. The Balaban J connectivity index is 1.67. The maximum absolute atomic E-state index is 13.5. The topological polar surface area (TPSA) is 156 Å². The number of ether oxygens (including phenoxy) is 2. The van der Waals surface area contributed by atoms with Gasteiger partial charge in [0.25, 0.3) is 5.91 Å². The summed E-state index contributed by atoms with van der Waals surface area (Å²) in [5, 5.41) is 5.94. The molecule has 14 nitrogen and oxygen atoms in total. The molecule has 0 saturated carbocycles. The van der Waals surface area contributed by atoms with E-state index < -0.39 is 34.8 Å². The van der Waals surface area contributed by atoms with Gasteiger partial charge in [-0.1, -0.05) is 27.5 Å². The number of benzene rings is 1. The number of hydrogen-bond acceptors (Lipinski definition) is 9. The molecule has 0 radical (unpaired) electrons. The van der Waals surface area contributed by atoms with Crippen molar-refractivity contribution in [1.82, 2.24) is 29.7 Å². The zero-order valence-electron chi connectivity index (χ0n) is 27.1. The van der Waals surface area contributed by atoms with Crippen molar-refractivity contribution in [3.8, 4) is 0 Å². The highest BCUT2D eigenvalue weighted by atomic mass is 79.9. The zero-order chi connectivity index (χ0) is 34.0. The van der Waals surface area contributed by atoms with E-state index in [0.29, 0.717) is 33.7 Å². The molecule has 1 aliphatic heterocycles. The lowest BCUT2D eigenvalue weighted by Crippen LogP contribution is -2.57. The number of fused-ring (bicyclic) bond motifs is 1. The van der Waals surface area contributed by atoms with E-state index in [-0.39, 0.29) is 18.8 Å². The van der Waals surface area contributed by atoms with Gasteiger partial charge in [0.2, 0.25) is 0 Å². The summed E-state index contributed by atoms with van der Waals surface area (Å²) in [5.41, 5.74) is -0.385. The molecule has 2 aromatic heterocycles. The molecule has 1 aromatic carbocycles. The van der Waals surface area contributed by atoms with Crippen LogP contribution in [0.25, 0.3) is 11.2 Å². The normalized spacial score (nSPS) is 17.0. The number of alkyl carbamates (subject to hydrolysis) is 1. The van der Waals surface area contributed by atoms with Gasteiger partial charge in [-0.05, 0) is 60.1 Å². The van der Waals surface area contributed by atoms with E-state index in [9.17, 15) is 14.4 Å². The SMILES string of the molecule is CN(C)C=NC(=O)C1(NC(=O)OC(C)(C)C)CCN(c2cc(Cl)cc(Br)c2Cn2cnc3c(NC(=O)OC(C)(C)C)ncnc32)C1. The molecule has 3 heterocycles. The van der Waals surface area contributed by atoms with Gasteiger partial charge in [-0.3, -0.25) is 10.1 Å². The van der Waals surface area contributed by atoms with Crippen LogP contribution in [-0.2, 0) is 20.8 Å². The number of nitrogens with one attached hydrogen (secondary N) is 2. The molecule has 1 atom stereocenters. The number of imidazole rings is 1. The lowest BCUT2D eigenvalue weighted by molar-refractivity contribution is -0.123. The lowest BCUT2D eigenvalue weighted by atomic mass is 9.98. The minimum absolute atomic E-state index is 0.117. The zero-order valence-corrected chi connectivity index (χ0v) is 29.5. The Bertz CT molecular complexity index is 1660. The monoisotopic (exact) mass is 719 g/mol. The van der Waals surface area contributed by atoms with Crippen molar-refractivity contribution in [3.05, 3.63) is 39.8 Å². The molecule has 1 fully saturated rings. The first-order valence-electron chi connectivity index (χ1n) is 14.5. The first-order valence-corrected chi connectivity index (χ1v) is 15.7. The molecule has 3 amide bonds. The number of rotatable bonds is 7. The third-order valence-electron chi connectivity index (χ3n) is 6.65. The van der Waals surface area contributed by atoms with Crippen molar-refractivity contribution in [2.45, 2.75) is 71.2 Å². The fraction of sp³-hybridized carbons (Fsp3) is 0.500. The van der Waals surface area contributed by atoms with Crippen molar-refractivity contribution >= 4 is 74.6 Å². The molecule has 1 aliphatic rings. The lowest BCUT2D eigenvalue weighted by Gasteiger charge is -2.30. The van der Waals surface area contributed by atoms with Crippen molar-refractivity contribution in [1.29, 1.82) is 0 Å². The van der Waals surface area contributed by atoms with E-state index in [2.05, 4.69) is 46.5 Å². The van der Waals surface area contributed by atoms with Gasteiger partial charge in [0.15, 0.2) is 17.0 Å². The Labute approximate surface area is 281 Å². The van der Waals surface area contributed by atoms with E-state index in [1.165, 1.54) is 12.7 Å². The van der Waals surface area contributed by atoms with Crippen LogP contribution in [0.2, 0.25) is 5.02 Å². The second-order valence-electron chi connectivity index (χ2n) is 13.2. The Morgan fingerprint density at radius 1 is 1.09 bits per heavy atom. The number of nitrogens with zero attached hydrogens (tertiary/aromatic N) is 7. The fourth-order valence-corrected chi connectivity index (χ4v) is 5.74. The van der Waals surface area contributed by atoms with Crippen molar-refractivity contribution < 1.29 is 23.9 Å². The molecular formula is C30H39BrClN9O5. The number of amides is 3. The minimum atomic E-state index is -1.35. The summed E-state index contributed by atoms with van der Waals surface area (Å²) in [7, 11) is 3.51. The standard InChI is InChI=1S/C30H39BrClN9O5/c1-28(2,3)45-26(43)37-23-22-24(34-15-33-23)41(17-35-22)13-19-20(31)11-18(32)12-21(19)40-10-9-30(14-40,25(42)36-16-39(7)8)38-27(44)46-29(4,5)6/h11-12,15-17H,9-10,13-14H2,1-8H3,(H,38,44)(H,33,34,37,43). The predicted octanol–water partition coefficient (Wildman–Crippen LogP) is 5.23. The summed E-state index contributed by atoms with van der Waals surface area (Å²) in [6, 6.07) is 3.58. The van der Waals surface area contributed by atoms with Gasteiger partial charge in [0.1, 0.15) is 23.1 Å². The van der Waals surface area contributed by atoms with Gasteiger partial charge in [0.05, 0.1) is 25.8 Å². The van der Waals surface area contributed by atoms with Crippen LogP contribution < -0.4 is 15.5 Å². The number of aliphatic imine (C=N–C) groups is 1. The Morgan fingerprint density at radius 2 is 1.76 bits per heavy atom. The second-order valence-corrected chi connectivity index (χ2v) is 14.5. The highest BCUT2D eigenvalue weighted by Gasteiger charge is 2.47. The number of carbonyl (C=O) groups excluding carboxylic acids is 3. The number of anilines is 2. The van der Waals surface area contributed by atoms with Crippen molar-refractivity contribution in [2.75, 3.05) is 37.4 Å². The van der Waals surface area contributed by atoms with E-state index in [1.807, 2.05) is 15.5 Å². The van der Waals surface area contributed by atoms with E-state index in [0.717, 1.165) is 11.3 Å². The van der Waals surface area contributed by atoms with Crippen LogP contribution in [0.1, 0.15) is 53.5 Å². The summed E-state index contributed by atoms with van der Waals surface area (Å²) in [4.78, 5) is 59.7. The Hall–Kier alpha value is -3.98. The highest BCUT2D eigenvalue weighted by molar-refractivity contribution is 9.10. The summed E-state index contributed by atoms with van der Waals surface area (Å²) in [5.74, 6) is -0.290. The molecule has 1 saturated heterocycles. The summed E-state index contributed by atoms with van der Waals surface area (Å²) in [6.45, 7) is 11.4. The summed E-state index contributed by atoms with van der Waals surface area (Å²) < 4.78 is 13.4. The molecule has 1 unspecified atom stereocenters. The van der Waals surface area contributed by atoms with Gasteiger partial charge < -0.3 is 29.2 Å². The average Bonchev–Trinajstić information content (AvgIpc) is 3.52. The van der Waals surface area contributed by atoms with Gasteiger partial charge in [0, 0.05) is 41.4 Å². The quantitative estimate of drug-likeness (QED) is 0.245. The maximum Gasteiger partial charge on any atom is 0.413 e. The molecule has 4 rings (SSSR count). The fourth-order valence-electron chi connectivity index (χ4n) is 4.82. The molecule has 0 aliphatic carbocycles. The van der Waals surface area contributed by atoms with Crippen molar-refractivity contribution in [3.63, 3.8) is 0 Å². The number of carbonyl (C=O) groups is 3. The van der Waals surface area contributed by atoms with Crippen molar-refractivity contribution in [2.24, 2.45) is 4.99 Å². The molecular weight excluding hydrogens is 682 g/mol. The van der Waals surface area contributed by atoms with Crippen LogP contribution in [0, 0.1) is 0 Å². The van der Waals surface area contributed by atoms with Gasteiger partial charge in [-0.2, -0.15) is 0 Å². The van der Waals surface area contributed by atoms with Crippen LogP contribution in [-0.4, -0.2) is 92.8 Å². The van der Waals surface area contributed by atoms with E-state index in [1.54, 1.807) is 72.9 Å². The molecule has 0 bridgehead atoms. The largest absolute Gasteiger partial charge is 0.444 e. The molecule has 0 spiro atoms. The van der Waals surface area contributed by atoms with Crippen LogP contribution in [0.4, 0.5) is 21.1 Å². The number of halogens is 2. The van der Waals surface area contributed by atoms with Gasteiger partial charge in [-0.15, -0.1) is 0 Å². The van der Waals surface area contributed by atoms with E-state index in [4.69, 9.17) is 21.1 Å². The molecule has 248 valence electrons. The van der Waals surface area contributed by atoms with Crippen LogP contribution in [0.5, 0.6) is 0 Å². The van der Waals surface area contributed by atoms with Crippen LogP contribution in [0.3, 0.4) is 0 Å². The first-order chi connectivity index (χ1) is 21.4. The molecule has 3 aromatic rings. The average molecular weight is 721 g/mol. The van der Waals surface area contributed by atoms with Crippen LogP contribution in [0.15, 0.2) is 34.3 Å². The van der Waals surface area contributed by atoms with Crippen LogP contribution >= 0.6 is 27.5 Å². The van der Waals surface area contributed by atoms with E-state index >= 15 is 0 Å². The Kier molecular flexibility index (Phi) is 10.2. The third kappa shape index (κ3) is 8.63. The Morgan fingerprint density at radius 3 is 2.41 bits per heavy atom. The van der Waals surface area contributed by atoms with Gasteiger partial charge >= 0.3 is 12.2 Å². The number of aromatic nitrogens is 4. The first kappa shape index (κ1) is 34.9. The molecule has 46 heavy (non-hydrogen) atoms. The number of hydrogen-bond donors (Lipinski definition) is 2. The van der Waals surface area contributed by atoms with Gasteiger partial charge in [-0.25, -0.2) is 29.5 Å². The third-order valence-corrected chi connectivity index (χ3v) is 7.58. The smallest absolute Gasteiger partial charge is 0.413 e. The second kappa shape index (κ2) is 13.4. The minimum Gasteiger partial charge on any atom is -0.444 e. The highest BCUT2D eigenvalue weighted by Crippen LogP contribution is 2.37. The maximum atomic E-state index is 13.5. The summed E-state index contributed by atoms with van der Waals surface area (Å²) in [6.07, 6.45) is 3.25. The summed E-state index contributed by atoms with van der Waals surface area (Å²) >= 11 is 10.2.